The van der Waals surface area contributed by atoms with Crippen molar-refractivity contribution in [2.45, 2.75) is 12.3 Å². The van der Waals surface area contributed by atoms with Gasteiger partial charge in [0.15, 0.2) is 0 Å². The summed E-state index contributed by atoms with van der Waals surface area (Å²) in [6.07, 6.45) is 1.20. The topological polar surface area (TPSA) is 0 Å². The maximum Gasteiger partial charge on any atom is 0.0412 e. The first-order valence-electron chi connectivity index (χ1n) is 6.25. The third-order valence-corrected chi connectivity index (χ3v) is 3.90. The van der Waals surface area contributed by atoms with Crippen molar-refractivity contribution in [3.63, 3.8) is 0 Å². The second-order valence-electron chi connectivity index (χ2n) is 4.89. The molecule has 0 aliphatic heterocycles. The second-order valence-corrected chi connectivity index (χ2v) is 5.33. The van der Waals surface area contributed by atoms with Crippen molar-refractivity contribution >= 4 is 17.2 Å². The number of halogens is 1. The summed E-state index contributed by atoms with van der Waals surface area (Å²) in [7, 11) is 0. The van der Waals surface area contributed by atoms with Gasteiger partial charge < -0.3 is 0 Å². The Morgan fingerprint density at radius 1 is 1.06 bits per heavy atom. The zero-order chi connectivity index (χ0) is 12.5. The first-order valence-corrected chi connectivity index (χ1v) is 6.63. The summed E-state index contributed by atoms with van der Waals surface area (Å²) >= 11 is 6.03. The zero-order valence-electron chi connectivity index (χ0n) is 10.1. The summed E-state index contributed by atoms with van der Waals surface area (Å²) in [5, 5.41) is 0.783. The van der Waals surface area contributed by atoms with Crippen LogP contribution in [-0.4, -0.2) is 0 Å². The summed E-state index contributed by atoms with van der Waals surface area (Å²) in [5.74, 6) is 1.21. The molecule has 1 aliphatic carbocycles. The molecule has 18 heavy (non-hydrogen) atoms. The third kappa shape index (κ3) is 2.21. The van der Waals surface area contributed by atoms with Gasteiger partial charge in [-0.1, -0.05) is 60.6 Å². The van der Waals surface area contributed by atoms with E-state index < -0.39 is 0 Å². The summed E-state index contributed by atoms with van der Waals surface area (Å²) in [5.41, 5.74) is 3.81. The highest BCUT2D eigenvalue weighted by Crippen LogP contribution is 2.54. The largest absolute Gasteiger partial charge is 0.0949 e. The van der Waals surface area contributed by atoms with Gasteiger partial charge in [-0.15, -0.1) is 0 Å². The average Bonchev–Trinajstić information content (AvgIpc) is 3.19. The van der Waals surface area contributed by atoms with Crippen LogP contribution in [0, 0.1) is 5.92 Å². The summed E-state index contributed by atoms with van der Waals surface area (Å²) in [6, 6.07) is 18.7. The minimum atomic E-state index is 0.575. The minimum absolute atomic E-state index is 0.575. The molecular weight excluding hydrogens is 240 g/mol. The number of hydrogen-bond donors (Lipinski definition) is 0. The highest BCUT2D eigenvalue weighted by molar-refractivity contribution is 6.30. The first-order chi connectivity index (χ1) is 8.75. The number of rotatable bonds is 3. The van der Waals surface area contributed by atoms with Gasteiger partial charge in [0.1, 0.15) is 0 Å². The van der Waals surface area contributed by atoms with E-state index in [2.05, 4.69) is 43.0 Å². The molecule has 1 heteroatoms. The average molecular weight is 255 g/mol. The molecule has 2 aromatic carbocycles. The van der Waals surface area contributed by atoms with Crippen LogP contribution in [0.1, 0.15) is 23.5 Å². The third-order valence-electron chi connectivity index (χ3n) is 3.66. The van der Waals surface area contributed by atoms with Crippen LogP contribution < -0.4 is 0 Å². The maximum atomic E-state index is 6.03. The van der Waals surface area contributed by atoms with Gasteiger partial charge in [0.2, 0.25) is 0 Å². The van der Waals surface area contributed by atoms with Crippen LogP contribution in [0.25, 0.3) is 5.57 Å². The Bertz CT molecular complexity index is 571. The predicted octanol–water partition coefficient (Wildman–Crippen LogP) is 5.16. The Morgan fingerprint density at radius 2 is 1.83 bits per heavy atom. The Morgan fingerprint density at radius 3 is 2.56 bits per heavy atom. The molecule has 1 fully saturated rings. The zero-order valence-corrected chi connectivity index (χ0v) is 10.9. The van der Waals surface area contributed by atoms with Crippen molar-refractivity contribution < 1.29 is 0 Å². The lowest BCUT2D eigenvalue weighted by Crippen LogP contribution is -1.88. The molecule has 2 atom stereocenters. The fourth-order valence-corrected chi connectivity index (χ4v) is 2.74. The van der Waals surface area contributed by atoms with E-state index in [4.69, 9.17) is 11.6 Å². The van der Waals surface area contributed by atoms with Gasteiger partial charge in [-0.3, -0.25) is 0 Å². The Hall–Kier alpha value is -1.53. The van der Waals surface area contributed by atoms with Gasteiger partial charge in [0, 0.05) is 5.02 Å². The van der Waals surface area contributed by atoms with Crippen molar-refractivity contribution in [2.24, 2.45) is 5.92 Å². The van der Waals surface area contributed by atoms with Gasteiger partial charge in [-0.2, -0.15) is 0 Å². The van der Waals surface area contributed by atoms with E-state index in [0.29, 0.717) is 11.8 Å². The molecule has 0 heterocycles. The first kappa shape index (κ1) is 11.6. The van der Waals surface area contributed by atoms with Crippen molar-refractivity contribution in [3.8, 4) is 0 Å². The van der Waals surface area contributed by atoms with Gasteiger partial charge in [0.05, 0.1) is 0 Å². The molecule has 0 amide bonds. The lowest BCUT2D eigenvalue weighted by molar-refractivity contribution is 1.03. The highest BCUT2D eigenvalue weighted by atomic mass is 35.5. The molecule has 0 spiro atoms. The van der Waals surface area contributed by atoms with Gasteiger partial charge >= 0.3 is 0 Å². The molecule has 3 rings (SSSR count). The molecule has 90 valence electrons. The van der Waals surface area contributed by atoms with Crippen LogP contribution in [0.2, 0.25) is 5.02 Å². The lowest BCUT2D eigenvalue weighted by Gasteiger charge is -2.06. The summed E-state index contributed by atoms with van der Waals surface area (Å²) < 4.78 is 0. The standard InChI is InChI=1S/C17H15Cl/c1-12(14-8-5-9-15(18)10-14)16-11-17(16)13-6-3-2-4-7-13/h2-10,16-17H,1,11H2/t16-,17-/m1/s1. The Labute approximate surface area is 113 Å². The molecule has 0 N–H and O–H groups in total. The second kappa shape index (κ2) is 4.62. The van der Waals surface area contributed by atoms with Gasteiger partial charge in [0.25, 0.3) is 0 Å². The highest BCUT2D eigenvalue weighted by Gasteiger charge is 2.40. The molecule has 1 saturated carbocycles. The molecule has 0 nitrogen and oxygen atoms in total. The molecule has 2 aromatic rings. The number of hydrogen-bond acceptors (Lipinski definition) is 0. The van der Waals surface area contributed by atoms with E-state index in [9.17, 15) is 0 Å². The van der Waals surface area contributed by atoms with Crippen molar-refractivity contribution in [1.82, 2.24) is 0 Å². The Kier molecular flexibility index (Phi) is 2.97. The van der Waals surface area contributed by atoms with E-state index in [0.717, 1.165) is 5.02 Å². The predicted molar refractivity (Wildman–Crippen MR) is 77.8 cm³/mol. The van der Waals surface area contributed by atoms with E-state index in [1.165, 1.54) is 23.1 Å². The van der Waals surface area contributed by atoms with E-state index >= 15 is 0 Å². The molecule has 0 unspecified atom stereocenters. The monoisotopic (exact) mass is 254 g/mol. The molecule has 0 saturated heterocycles. The van der Waals surface area contributed by atoms with Crippen LogP contribution >= 0.6 is 11.6 Å². The maximum absolute atomic E-state index is 6.03. The smallest absolute Gasteiger partial charge is 0.0412 e. The van der Waals surface area contributed by atoms with Crippen molar-refractivity contribution in [3.05, 3.63) is 77.3 Å². The normalized spacial score (nSPS) is 21.6. The van der Waals surface area contributed by atoms with Gasteiger partial charge in [-0.05, 0) is 47.1 Å². The van der Waals surface area contributed by atoms with Crippen molar-refractivity contribution in [1.29, 1.82) is 0 Å². The lowest BCUT2D eigenvalue weighted by atomic mass is 10.00. The number of allylic oxidation sites excluding steroid dienone is 1. The van der Waals surface area contributed by atoms with E-state index in [1.54, 1.807) is 0 Å². The molecule has 0 aromatic heterocycles. The Balaban J connectivity index is 1.77. The number of benzene rings is 2. The van der Waals surface area contributed by atoms with Crippen LogP contribution in [0.15, 0.2) is 61.2 Å². The fourth-order valence-electron chi connectivity index (χ4n) is 2.55. The van der Waals surface area contributed by atoms with E-state index in [1.807, 2.05) is 18.2 Å². The summed E-state index contributed by atoms with van der Waals surface area (Å²) in [4.78, 5) is 0. The van der Waals surface area contributed by atoms with Crippen LogP contribution in [0.4, 0.5) is 0 Å². The van der Waals surface area contributed by atoms with Crippen LogP contribution in [0.5, 0.6) is 0 Å². The minimum Gasteiger partial charge on any atom is -0.0949 e. The van der Waals surface area contributed by atoms with Crippen LogP contribution in [0.3, 0.4) is 0 Å². The van der Waals surface area contributed by atoms with Crippen LogP contribution in [-0.2, 0) is 0 Å². The fraction of sp³-hybridized carbons (Fsp3) is 0.176. The summed E-state index contributed by atoms with van der Waals surface area (Å²) in [6.45, 7) is 4.25. The molecule has 1 aliphatic rings. The van der Waals surface area contributed by atoms with E-state index in [-0.39, 0.29) is 0 Å². The molecule has 0 bridgehead atoms. The van der Waals surface area contributed by atoms with Gasteiger partial charge in [-0.25, -0.2) is 0 Å². The molecule has 0 radical (unpaired) electrons. The SMILES string of the molecule is C=C(c1cccc(Cl)c1)[C@H]1C[C@@H]1c1ccccc1. The quantitative estimate of drug-likeness (QED) is 0.710. The molecular formula is C17H15Cl. The van der Waals surface area contributed by atoms with Crippen molar-refractivity contribution in [2.75, 3.05) is 0 Å².